The first-order valence-corrected chi connectivity index (χ1v) is 8.37. The van der Waals surface area contributed by atoms with Crippen molar-refractivity contribution in [1.82, 2.24) is 9.78 Å². The summed E-state index contributed by atoms with van der Waals surface area (Å²) in [6.07, 6.45) is 0.128. The van der Waals surface area contributed by atoms with Gasteiger partial charge in [-0.15, -0.1) is 0 Å². The number of anilines is 1. The summed E-state index contributed by atoms with van der Waals surface area (Å²) < 4.78 is 6.79. The summed E-state index contributed by atoms with van der Waals surface area (Å²) >= 11 is 0. The number of esters is 1. The first-order chi connectivity index (χ1) is 12.4. The number of fused-ring (bicyclic) bond motifs is 1. The van der Waals surface area contributed by atoms with Gasteiger partial charge in [0.05, 0.1) is 23.5 Å². The molecule has 0 aliphatic rings. The van der Waals surface area contributed by atoms with E-state index in [-0.39, 0.29) is 18.9 Å². The molecule has 1 N–H and O–H groups in total. The van der Waals surface area contributed by atoms with E-state index in [2.05, 4.69) is 10.4 Å². The molecule has 0 saturated carbocycles. The van der Waals surface area contributed by atoms with Crippen molar-refractivity contribution < 1.29 is 14.3 Å². The average Bonchev–Trinajstić information content (AvgIpc) is 2.86. The molecule has 3 aromatic rings. The molecule has 0 saturated heterocycles. The quantitative estimate of drug-likeness (QED) is 0.717. The number of nitrogens with one attached hydrogen (secondary N) is 1. The van der Waals surface area contributed by atoms with E-state index in [0.29, 0.717) is 5.69 Å². The molecule has 1 heterocycles. The first-order valence-electron chi connectivity index (χ1n) is 8.37. The molecule has 0 spiro atoms. The minimum Gasteiger partial charge on any atom is -0.455 e. The van der Waals surface area contributed by atoms with E-state index in [1.807, 2.05) is 63.4 Å². The zero-order valence-electron chi connectivity index (χ0n) is 15.1. The number of rotatable bonds is 5. The Labute approximate surface area is 151 Å². The molecular formula is C20H21N3O3. The highest BCUT2D eigenvalue weighted by Gasteiger charge is 2.14. The highest BCUT2D eigenvalue weighted by atomic mass is 16.5. The van der Waals surface area contributed by atoms with E-state index in [4.69, 9.17) is 4.74 Å². The van der Waals surface area contributed by atoms with Crippen LogP contribution in [0.5, 0.6) is 0 Å². The Morgan fingerprint density at radius 1 is 1.12 bits per heavy atom. The Bertz CT molecular complexity index is 976. The lowest BCUT2D eigenvalue weighted by atomic mass is 10.1. The lowest BCUT2D eigenvalue weighted by Crippen LogP contribution is -2.22. The molecule has 6 heteroatoms. The summed E-state index contributed by atoms with van der Waals surface area (Å²) in [6, 6.07) is 13.8. The fraction of sp³-hybridized carbons (Fsp3) is 0.250. The largest absolute Gasteiger partial charge is 0.455 e. The molecule has 0 aliphatic heterocycles. The molecule has 0 aliphatic carbocycles. The number of aryl methyl sites for hydroxylation is 2. The summed E-state index contributed by atoms with van der Waals surface area (Å²) in [4.78, 5) is 24.1. The lowest BCUT2D eigenvalue weighted by Gasteiger charge is -2.08. The van der Waals surface area contributed by atoms with Crippen molar-refractivity contribution in [2.24, 2.45) is 7.05 Å². The minimum absolute atomic E-state index is 0.128. The van der Waals surface area contributed by atoms with E-state index >= 15 is 0 Å². The molecule has 0 radical (unpaired) electrons. The molecule has 3 rings (SSSR count). The van der Waals surface area contributed by atoms with Crippen molar-refractivity contribution in [2.75, 3.05) is 11.9 Å². The van der Waals surface area contributed by atoms with Crippen molar-refractivity contribution in [3.05, 3.63) is 59.4 Å². The van der Waals surface area contributed by atoms with Crippen molar-refractivity contribution >= 4 is 28.3 Å². The van der Waals surface area contributed by atoms with Gasteiger partial charge in [0, 0.05) is 7.05 Å². The monoisotopic (exact) mass is 351 g/mol. The molecule has 1 amide bonds. The fourth-order valence-corrected chi connectivity index (χ4v) is 2.84. The summed E-state index contributed by atoms with van der Waals surface area (Å²) in [6.45, 7) is 3.36. The van der Waals surface area contributed by atoms with Gasteiger partial charge in [0.1, 0.15) is 0 Å². The number of nitrogens with zero attached hydrogens (tertiary/aromatic N) is 2. The molecule has 2 aromatic carbocycles. The van der Waals surface area contributed by atoms with Crippen LogP contribution in [0.1, 0.15) is 17.0 Å². The van der Waals surface area contributed by atoms with Crippen molar-refractivity contribution in [3.63, 3.8) is 0 Å². The molecule has 0 bridgehead atoms. The SMILES string of the molecule is Cc1nn(C)c(C)c1NC(=O)COC(=O)Cc1ccc2ccccc2c1. The summed E-state index contributed by atoms with van der Waals surface area (Å²) in [5, 5.41) is 9.16. The number of carbonyl (C=O) groups excluding carboxylic acids is 2. The van der Waals surface area contributed by atoms with Crippen LogP contribution >= 0.6 is 0 Å². The zero-order chi connectivity index (χ0) is 18.7. The fourth-order valence-electron chi connectivity index (χ4n) is 2.84. The topological polar surface area (TPSA) is 73.2 Å². The Kier molecular flexibility index (Phi) is 5.02. The van der Waals surface area contributed by atoms with Crippen molar-refractivity contribution in [1.29, 1.82) is 0 Å². The second-order valence-corrected chi connectivity index (χ2v) is 6.24. The molecule has 0 fully saturated rings. The van der Waals surface area contributed by atoms with Crippen molar-refractivity contribution in [3.8, 4) is 0 Å². The van der Waals surface area contributed by atoms with E-state index in [0.717, 1.165) is 27.7 Å². The van der Waals surface area contributed by atoms with Gasteiger partial charge in [-0.25, -0.2) is 0 Å². The number of benzene rings is 2. The molecule has 26 heavy (non-hydrogen) atoms. The van der Waals surface area contributed by atoms with Gasteiger partial charge in [0.2, 0.25) is 0 Å². The predicted octanol–water partition coefficient (Wildman–Crippen LogP) is 2.91. The number of hydrogen-bond acceptors (Lipinski definition) is 4. The minimum atomic E-state index is -0.435. The lowest BCUT2D eigenvalue weighted by molar-refractivity contribution is -0.146. The van der Waals surface area contributed by atoms with Gasteiger partial charge in [0.15, 0.2) is 6.61 Å². The van der Waals surface area contributed by atoms with Crippen LogP contribution in [-0.4, -0.2) is 28.3 Å². The predicted molar refractivity (Wildman–Crippen MR) is 99.9 cm³/mol. The highest BCUT2D eigenvalue weighted by molar-refractivity contribution is 5.94. The summed E-state index contributed by atoms with van der Waals surface area (Å²) in [5.41, 5.74) is 3.08. The maximum atomic E-state index is 12.0. The van der Waals surface area contributed by atoms with E-state index in [1.165, 1.54) is 0 Å². The molecule has 6 nitrogen and oxygen atoms in total. The van der Waals surface area contributed by atoms with Crippen LogP contribution in [0, 0.1) is 13.8 Å². The van der Waals surface area contributed by atoms with Gasteiger partial charge < -0.3 is 10.1 Å². The Morgan fingerprint density at radius 3 is 2.54 bits per heavy atom. The standard InChI is InChI=1S/C20H21N3O3/c1-13-20(14(2)23(3)22-13)21-18(24)12-26-19(25)11-15-8-9-16-6-4-5-7-17(16)10-15/h4-10H,11-12H2,1-3H3,(H,21,24). The second kappa shape index (κ2) is 7.39. The van der Waals surface area contributed by atoms with Gasteiger partial charge in [0.25, 0.3) is 5.91 Å². The molecule has 0 atom stereocenters. The summed E-state index contributed by atoms with van der Waals surface area (Å²) in [5.74, 6) is -0.814. The van der Waals surface area contributed by atoms with Crippen LogP contribution < -0.4 is 5.32 Å². The number of amides is 1. The second-order valence-electron chi connectivity index (χ2n) is 6.24. The van der Waals surface area contributed by atoms with E-state index in [1.54, 1.807) is 4.68 Å². The first kappa shape index (κ1) is 17.7. The normalized spacial score (nSPS) is 10.7. The number of ether oxygens (including phenoxy) is 1. The smallest absolute Gasteiger partial charge is 0.310 e. The molecule has 0 unspecified atom stereocenters. The van der Waals surface area contributed by atoms with Crippen LogP contribution in [0.3, 0.4) is 0 Å². The van der Waals surface area contributed by atoms with Crippen LogP contribution in [0.4, 0.5) is 5.69 Å². The van der Waals surface area contributed by atoms with Crippen molar-refractivity contribution in [2.45, 2.75) is 20.3 Å². The van der Waals surface area contributed by atoms with Crippen LogP contribution in [0.15, 0.2) is 42.5 Å². The average molecular weight is 351 g/mol. The highest BCUT2D eigenvalue weighted by Crippen LogP contribution is 2.18. The Morgan fingerprint density at radius 2 is 1.85 bits per heavy atom. The van der Waals surface area contributed by atoms with Gasteiger partial charge >= 0.3 is 5.97 Å². The molecular weight excluding hydrogens is 330 g/mol. The van der Waals surface area contributed by atoms with Gasteiger partial charge in [-0.2, -0.15) is 5.10 Å². The van der Waals surface area contributed by atoms with Gasteiger partial charge in [-0.3, -0.25) is 14.3 Å². The third-order valence-corrected chi connectivity index (χ3v) is 4.30. The van der Waals surface area contributed by atoms with Crippen LogP contribution in [0.25, 0.3) is 10.8 Å². The molecule has 134 valence electrons. The number of carbonyl (C=O) groups is 2. The van der Waals surface area contributed by atoms with Gasteiger partial charge in [-0.1, -0.05) is 42.5 Å². The third-order valence-electron chi connectivity index (χ3n) is 4.30. The maximum absolute atomic E-state index is 12.0. The zero-order valence-corrected chi connectivity index (χ0v) is 15.1. The van der Waals surface area contributed by atoms with Crippen LogP contribution in [-0.2, 0) is 27.8 Å². The van der Waals surface area contributed by atoms with E-state index in [9.17, 15) is 9.59 Å². The third kappa shape index (κ3) is 3.91. The Balaban J connectivity index is 1.55. The van der Waals surface area contributed by atoms with Crippen LogP contribution in [0.2, 0.25) is 0 Å². The van der Waals surface area contributed by atoms with Gasteiger partial charge in [-0.05, 0) is 30.2 Å². The number of hydrogen-bond donors (Lipinski definition) is 1. The maximum Gasteiger partial charge on any atom is 0.310 e. The summed E-state index contributed by atoms with van der Waals surface area (Å²) in [7, 11) is 1.81. The number of aromatic nitrogens is 2. The molecule has 1 aromatic heterocycles. The Hall–Kier alpha value is -3.15. The van der Waals surface area contributed by atoms with E-state index < -0.39 is 5.97 Å².